The van der Waals surface area contributed by atoms with Crippen molar-refractivity contribution in [3.05, 3.63) is 34.6 Å². The molecule has 4 rings (SSSR count). The molecule has 0 aliphatic carbocycles. The minimum absolute atomic E-state index is 0.0202. The van der Waals surface area contributed by atoms with Gasteiger partial charge in [-0.05, 0) is 6.07 Å². The molecule has 0 saturated carbocycles. The summed E-state index contributed by atoms with van der Waals surface area (Å²) in [6, 6.07) is 1.84. The summed E-state index contributed by atoms with van der Waals surface area (Å²) >= 11 is 1.46. The van der Waals surface area contributed by atoms with Crippen LogP contribution in [0.5, 0.6) is 0 Å². The number of nitrogens with two attached hydrogens (primary N) is 1. The lowest BCUT2D eigenvalue weighted by Crippen LogP contribution is -2.35. The molecule has 112 valence electrons. The molecule has 0 spiro atoms. The summed E-state index contributed by atoms with van der Waals surface area (Å²) in [5.41, 5.74) is 8.98. The van der Waals surface area contributed by atoms with E-state index in [1.54, 1.807) is 17.1 Å². The monoisotopic (exact) mass is 314 g/mol. The fourth-order valence-electron chi connectivity index (χ4n) is 2.71. The van der Waals surface area contributed by atoms with Gasteiger partial charge in [0.25, 0.3) is 5.91 Å². The van der Waals surface area contributed by atoms with Crippen molar-refractivity contribution in [2.24, 2.45) is 7.05 Å². The Morgan fingerprint density at radius 1 is 1.41 bits per heavy atom. The molecule has 4 heterocycles. The summed E-state index contributed by atoms with van der Waals surface area (Å²) in [6.45, 7) is 1.21. The van der Waals surface area contributed by atoms with Crippen molar-refractivity contribution < 1.29 is 4.79 Å². The molecule has 2 N–H and O–H groups in total. The lowest BCUT2D eigenvalue weighted by atomic mass is 10.1. The van der Waals surface area contributed by atoms with Crippen molar-refractivity contribution in [2.75, 3.05) is 12.3 Å². The second-order valence-corrected chi connectivity index (χ2v) is 6.41. The molecule has 0 unspecified atom stereocenters. The van der Waals surface area contributed by atoms with Gasteiger partial charge < -0.3 is 10.6 Å². The first-order chi connectivity index (χ1) is 10.6. The van der Waals surface area contributed by atoms with Gasteiger partial charge in [-0.25, -0.2) is 4.98 Å². The predicted molar refractivity (Wildman–Crippen MR) is 83.5 cm³/mol. The van der Waals surface area contributed by atoms with Crippen molar-refractivity contribution in [1.82, 2.24) is 24.6 Å². The number of thiazole rings is 1. The van der Waals surface area contributed by atoms with E-state index in [0.717, 1.165) is 28.0 Å². The van der Waals surface area contributed by atoms with Crippen LogP contribution in [0.3, 0.4) is 0 Å². The van der Waals surface area contributed by atoms with Crippen LogP contribution in [0, 0.1) is 0 Å². The molecular weight excluding hydrogens is 300 g/mol. The highest BCUT2D eigenvalue weighted by atomic mass is 32.1. The molecule has 1 aliphatic heterocycles. The molecule has 1 amide bonds. The van der Waals surface area contributed by atoms with Gasteiger partial charge in [0.2, 0.25) is 0 Å². The Labute approximate surface area is 130 Å². The third kappa shape index (κ3) is 2.03. The topological polar surface area (TPSA) is 89.9 Å². The summed E-state index contributed by atoms with van der Waals surface area (Å²) < 4.78 is 1.72. The van der Waals surface area contributed by atoms with E-state index < -0.39 is 0 Å². The normalized spacial score (nSPS) is 14.3. The second kappa shape index (κ2) is 4.77. The molecule has 0 radical (unpaired) electrons. The van der Waals surface area contributed by atoms with Gasteiger partial charge in [0.05, 0.1) is 29.5 Å². The average molecular weight is 314 g/mol. The first-order valence-corrected chi connectivity index (χ1v) is 7.74. The first-order valence-electron chi connectivity index (χ1n) is 6.93. The van der Waals surface area contributed by atoms with E-state index in [9.17, 15) is 4.79 Å². The average Bonchev–Trinajstić information content (AvgIpc) is 3.07. The summed E-state index contributed by atoms with van der Waals surface area (Å²) in [7, 11) is 1.84. The van der Waals surface area contributed by atoms with Crippen LogP contribution in [0.2, 0.25) is 0 Å². The van der Waals surface area contributed by atoms with Crippen molar-refractivity contribution >= 4 is 33.4 Å². The number of pyridine rings is 1. The van der Waals surface area contributed by atoms with E-state index in [1.807, 2.05) is 18.0 Å². The Kier molecular flexibility index (Phi) is 2.86. The molecule has 0 saturated heterocycles. The third-order valence-corrected chi connectivity index (χ3v) is 4.79. The lowest BCUT2D eigenvalue weighted by molar-refractivity contribution is 0.0736. The Hall–Kier alpha value is -2.48. The molecule has 3 aromatic rings. The van der Waals surface area contributed by atoms with Crippen molar-refractivity contribution in [2.45, 2.75) is 13.0 Å². The maximum Gasteiger partial charge on any atom is 0.255 e. The maximum absolute atomic E-state index is 12.7. The number of aryl methyl sites for hydroxylation is 1. The summed E-state index contributed by atoms with van der Waals surface area (Å²) in [6.07, 6.45) is 4.05. The second-order valence-electron chi connectivity index (χ2n) is 5.30. The molecule has 7 nitrogen and oxygen atoms in total. The number of hydrogen-bond acceptors (Lipinski definition) is 6. The van der Waals surface area contributed by atoms with E-state index in [4.69, 9.17) is 5.73 Å². The Morgan fingerprint density at radius 3 is 3.14 bits per heavy atom. The quantitative estimate of drug-likeness (QED) is 0.729. The van der Waals surface area contributed by atoms with Crippen LogP contribution in [-0.2, 0) is 20.0 Å². The van der Waals surface area contributed by atoms with E-state index in [1.165, 1.54) is 11.3 Å². The number of hydrogen-bond donors (Lipinski definition) is 1. The largest absolute Gasteiger partial charge is 0.375 e. The zero-order chi connectivity index (χ0) is 15.3. The van der Waals surface area contributed by atoms with Gasteiger partial charge in [-0.15, -0.1) is 11.3 Å². The van der Waals surface area contributed by atoms with Gasteiger partial charge in [-0.3, -0.25) is 14.5 Å². The van der Waals surface area contributed by atoms with Gasteiger partial charge in [0.15, 0.2) is 5.13 Å². The van der Waals surface area contributed by atoms with Crippen LogP contribution in [-0.4, -0.2) is 37.1 Å². The highest BCUT2D eigenvalue weighted by Gasteiger charge is 2.25. The van der Waals surface area contributed by atoms with Crippen LogP contribution in [0.25, 0.3) is 11.0 Å². The zero-order valence-corrected chi connectivity index (χ0v) is 12.8. The minimum Gasteiger partial charge on any atom is -0.375 e. The summed E-state index contributed by atoms with van der Waals surface area (Å²) in [5.74, 6) is -0.0202. The van der Waals surface area contributed by atoms with Crippen molar-refractivity contribution in [3.63, 3.8) is 0 Å². The van der Waals surface area contributed by atoms with Gasteiger partial charge in [0.1, 0.15) is 5.52 Å². The molecule has 22 heavy (non-hydrogen) atoms. The van der Waals surface area contributed by atoms with Gasteiger partial charge in [-0.1, -0.05) is 0 Å². The van der Waals surface area contributed by atoms with E-state index in [0.29, 0.717) is 23.8 Å². The van der Waals surface area contributed by atoms with Crippen LogP contribution < -0.4 is 5.73 Å². The number of fused-ring (bicyclic) bond motifs is 2. The number of rotatable bonds is 1. The Bertz CT molecular complexity index is 883. The number of carbonyl (C=O) groups is 1. The van der Waals surface area contributed by atoms with E-state index in [-0.39, 0.29) is 5.91 Å². The predicted octanol–water partition coefficient (Wildman–Crippen LogP) is 1.21. The van der Waals surface area contributed by atoms with Crippen LogP contribution in [0.1, 0.15) is 20.9 Å². The van der Waals surface area contributed by atoms with Crippen LogP contribution in [0.4, 0.5) is 5.13 Å². The lowest BCUT2D eigenvalue weighted by Gasteiger charge is -2.26. The molecule has 1 aliphatic rings. The van der Waals surface area contributed by atoms with E-state index in [2.05, 4.69) is 15.1 Å². The fourth-order valence-corrected chi connectivity index (χ4v) is 3.61. The summed E-state index contributed by atoms with van der Waals surface area (Å²) in [4.78, 5) is 24.2. The van der Waals surface area contributed by atoms with Gasteiger partial charge >= 0.3 is 0 Å². The molecule has 3 aromatic heterocycles. The number of amides is 1. The van der Waals surface area contributed by atoms with Crippen LogP contribution in [0.15, 0.2) is 18.5 Å². The molecule has 8 heteroatoms. The SMILES string of the molecule is Cn1ncc2ncc(C(=O)N3CCc4nc(N)sc4C3)cc21. The van der Waals surface area contributed by atoms with Gasteiger partial charge in [-0.2, -0.15) is 5.10 Å². The third-order valence-electron chi connectivity index (χ3n) is 3.88. The number of nitrogen functional groups attached to an aromatic ring is 1. The summed E-state index contributed by atoms with van der Waals surface area (Å²) in [5, 5.41) is 4.72. The highest BCUT2D eigenvalue weighted by Crippen LogP contribution is 2.27. The Balaban J connectivity index is 1.64. The van der Waals surface area contributed by atoms with Crippen molar-refractivity contribution in [1.29, 1.82) is 0 Å². The number of anilines is 1. The Morgan fingerprint density at radius 2 is 2.27 bits per heavy atom. The zero-order valence-electron chi connectivity index (χ0n) is 12.0. The molecule has 0 fully saturated rings. The minimum atomic E-state index is -0.0202. The van der Waals surface area contributed by atoms with Crippen LogP contribution >= 0.6 is 11.3 Å². The van der Waals surface area contributed by atoms with E-state index >= 15 is 0 Å². The smallest absolute Gasteiger partial charge is 0.255 e. The number of carbonyl (C=O) groups excluding carboxylic acids is 1. The maximum atomic E-state index is 12.7. The molecule has 0 aromatic carbocycles. The molecule has 0 atom stereocenters. The molecular formula is C14H14N6OS. The fraction of sp³-hybridized carbons (Fsp3) is 0.286. The highest BCUT2D eigenvalue weighted by molar-refractivity contribution is 7.15. The first kappa shape index (κ1) is 13.2. The number of nitrogens with zero attached hydrogens (tertiary/aromatic N) is 5. The molecule has 0 bridgehead atoms. The number of aromatic nitrogens is 4. The standard InChI is InChI=1S/C14H14N6OS/c1-19-11-4-8(5-16-10(11)6-17-19)13(21)20-3-2-9-12(7-20)22-14(15)18-9/h4-6H,2-3,7H2,1H3,(H2,15,18). The van der Waals surface area contributed by atoms with Crippen molar-refractivity contribution in [3.8, 4) is 0 Å². The van der Waals surface area contributed by atoms with Gasteiger partial charge in [0, 0.05) is 31.1 Å².